The fraction of sp³-hybridized carbons (Fsp3) is 0.438. The second kappa shape index (κ2) is 8.35. The van der Waals surface area contributed by atoms with Crippen LogP contribution in [0.4, 0.5) is 0 Å². The number of ether oxygens (including phenoxy) is 1. The summed E-state index contributed by atoms with van der Waals surface area (Å²) in [5.74, 6) is 0.848. The Balaban J connectivity index is 0.000000223. The van der Waals surface area contributed by atoms with Gasteiger partial charge in [-0.05, 0) is 37.3 Å². The van der Waals surface area contributed by atoms with Crippen molar-refractivity contribution < 1.29 is 9.53 Å². The second-order valence-electron chi connectivity index (χ2n) is 4.12. The summed E-state index contributed by atoms with van der Waals surface area (Å²) >= 11 is 0. The molecular weight excluding hydrogens is 238 g/mol. The molecule has 1 aromatic carbocycles. The van der Waals surface area contributed by atoms with Gasteiger partial charge in [-0.15, -0.1) is 0 Å². The van der Waals surface area contributed by atoms with Gasteiger partial charge in [0.25, 0.3) is 6.47 Å². The Morgan fingerprint density at radius 1 is 1.32 bits per heavy atom. The molecular formula is C16H23NO2. The smallest absolute Gasteiger partial charge is 0.293 e. The lowest BCUT2D eigenvalue weighted by Gasteiger charge is -1.92. The van der Waals surface area contributed by atoms with Gasteiger partial charge < -0.3 is 9.72 Å². The molecule has 0 atom stereocenters. The van der Waals surface area contributed by atoms with Crippen molar-refractivity contribution in [1.29, 1.82) is 0 Å². The zero-order valence-electron chi connectivity index (χ0n) is 12.0. The van der Waals surface area contributed by atoms with Crippen LogP contribution in [0.15, 0.2) is 30.5 Å². The van der Waals surface area contributed by atoms with E-state index in [0.717, 1.165) is 5.92 Å². The third-order valence-electron chi connectivity index (χ3n) is 2.87. The van der Waals surface area contributed by atoms with Gasteiger partial charge in [-0.3, -0.25) is 4.79 Å². The number of fused-ring (bicyclic) bond motifs is 1. The highest BCUT2D eigenvalue weighted by atomic mass is 16.5. The van der Waals surface area contributed by atoms with E-state index in [-0.39, 0.29) is 0 Å². The number of aromatic amines is 1. The maximum Gasteiger partial charge on any atom is 0.293 e. The van der Waals surface area contributed by atoms with Gasteiger partial charge in [0.2, 0.25) is 0 Å². The quantitative estimate of drug-likeness (QED) is 0.839. The molecule has 1 saturated carbocycles. The van der Waals surface area contributed by atoms with E-state index in [1.165, 1.54) is 29.3 Å². The third kappa shape index (κ3) is 4.43. The van der Waals surface area contributed by atoms with E-state index in [9.17, 15) is 4.79 Å². The number of nitrogens with one attached hydrogen (secondary N) is 1. The Bertz CT molecular complexity index is 486. The van der Waals surface area contributed by atoms with Crippen LogP contribution < -0.4 is 0 Å². The van der Waals surface area contributed by atoms with Gasteiger partial charge in [0.15, 0.2) is 0 Å². The van der Waals surface area contributed by atoms with Crippen molar-refractivity contribution >= 4 is 17.4 Å². The number of benzene rings is 1. The van der Waals surface area contributed by atoms with Crippen molar-refractivity contribution in [3.8, 4) is 0 Å². The van der Waals surface area contributed by atoms with Crippen LogP contribution in [-0.2, 0) is 9.53 Å². The molecule has 0 amide bonds. The van der Waals surface area contributed by atoms with Crippen molar-refractivity contribution in [3.63, 3.8) is 0 Å². The lowest BCUT2D eigenvalue weighted by atomic mass is 10.1. The van der Waals surface area contributed by atoms with Crippen molar-refractivity contribution in [2.24, 2.45) is 0 Å². The summed E-state index contributed by atoms with van der Waals surface area (Å²) in [4.78, 5) is 12.5. The first kappa shape index (κ1) is 15.3. The molecule has 0 bridgehead atoms. The maximum atomic E-state index is 9.18. The molecule has 3 rings (SSSR count). The number of carbonyl (C=O) groups is 1. The molecule has 1 N–H and O–H groups in total. The normalized spacial score (nSPS) is 12.8. The number of hydrogen-bond acceptors (Lipinski definition) is 2. The summed E-state index contributed by atoms with van der Waals surface area (Å²) < 4.78 is 4.15. The molecule has 0 unspecified atom stereocenters. The lowest BCUT2D eigenvalue weighted by Crippen LogP contribution is -1.80. The Morgan fingerprint density at radius 2 is 2.00 bits per heavy atom. The van der Waals surface area contributed by atoms with Crippen molar-refractivity contribution in [2.45, 2.75) is 39.5 Å². The SMILES string of the molecule is CC.CCOC=O.c1ccc2c(C3CC3)c[nH]c2c1. The van der Waals surface area contributed by atoms with Crippen LogP contribution in [0.2, 0.25) is 0 Å². The van der Waals surface area contributed by atoms with Gasteiger partial charge in [0, 0.05) is 17.1 Å². The fourth-order valence-electron chi connectivity index (χ4n) is 1.89. The van der Waals surface area contributed by atoms with Gasteiger partial charge in [-0.25, -0.2) is 0 Å². The molecule has 1 aliphatic rings. The molecule has 3 heteroatoms. The van der Waals surface area contributed by atoms with Crippen molar-refractivity contribution in [3.05, 3.63) is 36.0 Å². The van der Waals surface area contributed by atoms with Gasteiger partial charge >= 0.3 is 0 Å². The van der Waals surface area contributed by atoms with Crippen LogP contribution in [0.3, 0.4) is 0 Å². The summed E-state index contributed by atoms with van der Waals surface area (Å²) in [6.45, 7) is 6.66. The largest absolute Gasteiger partial charge is 0.468 e. The topological polar surface area (TPSA) is 42.1 Å². The van der Waals surface area contributed by atoms with Crippen molar-refractivity contribution in [2.75, 3.05) is 6.61 Å². The molecule has 0 radical (unpaired) electrons. The lowest BCUT2D eigenvalue weighted by molar-refractivity contribution is -0.128. The number of aromatic nitrogens is 1. The number of para-hydroxylation sites is 1. The van der Waals surface area contributed by atoms with E-state index >= 15 is 0 Å². The van der Waals surface area contributed by atoms with Gasteiger partial charge in [0.1, 0.15) is 0 Å². The predicted octanol–water partition coefficient (Wildman–Crippen LogP) is 4.25. The Kier molecular flexibility index (Phi) is 6.72. The Morgan fingerprint density at radius 3 is 2.53 bits per heavy atom. The van der Waals surface area contributed by atoms with E-state index in [0.29, 0.717) is 13.1 Å². The van der Waals surface area contributed by atoms with Crippen LogP contribution in [-0.4, -0.2) is 18.1 Å². The predicted molar refractivity (Wildman–Crippen MR) is 79.3 cm³/mol. The molecule has 3 nitrogen and oxygen atoms in total. The first-order valence-electron chi connectivity index (χ1n) is 6.98. The molecule has 19 heavy (non-hydrogen) atoms. The fourth-order valence-corrected chi connectivity index (χ4v) is 1.89. The van der Waals surface area contributed by atoms with Gasteiger partial charge in [0.05, 0.1) is 6.61 Å². The van der Waals surface area contributed by atoms with Gasteiger partial charge in [-0.2, -0.15) is 0 Å². The minimum absolute atomic E-state index is 0.431. The standard InChI is InChI=1S/C11H11N.C3H6O2.C2H6/c1-2-4-11-9(3-1)10(7-12-11)8-5-6-8;1-2-5-3-4;1-2/h1-4,7-8,12H,5-6H2;3H,2H2,1H3;1-2H3. The maximum absolute atomic E-state index is 9.18. The van der Waals surface area contributed by atoms with Crippen LogP contribution in [0, 0.1) is 0 Å². The molecule has 1 heterocycles. The summed E-state index contributed by atoms with van der Waals surface area (Å²) in [7, 11) is 0. The summed E-state index contributed by atoms with van der Waals surface area (Å²) in [6.07, 6.45) is 4.92. The van der Waals surface area contributed by atoms with E-state index in [1.807, 2.05) is 13.8 Å². The minimum atomic E-state index is 0.431. The zero-order valence-corrected chi connectivity index (χ0v) is 12.0. The molecule has 0 aliphatic heterocycles. The van der Waals surface area contributed by atoms with Crippen molar-refractivity contribution in [1.82, 2.24) is 4.98 Å². The Labute approximate surface area is 115 Å². The highest BCUT2D eigenvalue weighted by Crippen LogP contribution is 2.42. The average Bonchev–Trinajstić information content (AvgIpc) is 3.22. The molecule has 1 fully saturated rings. The summed E-state index contributed by atoms with van der Waals surface area (Å²) in [5.41, 5.74) is 2.80. The molecule has 2 aromatic rings. The summed E-state index contributed by atoms with van der Waals surface area (Å²) in [6, 6.07) is 8.54. The Hall–Kier alpha value is -1.77. The number of carbonyl (C=O) groups excluding carboxylic acids is 1. The van der Waals surface area contributed by atoms with Crippen LogP contribution in [0.5, 0.6) is 0 Å². The van der Waals surface area contributed by atoms with Gasteiger partial charge in [-0.1, -0.05) is 32.0 Å². The van der Waals surface area contributed by atoms with Crippen LogP contribution in [0.1, 0.15) is 45.1 Å². The van der Waals surface area contributed by atoms with E-state index in [4.69, 9.17) is 0 Å². The van der Waals surface area contributed by atoms with Crippen LogP contribution in [0.25, 0.3) is 10.9 Å². The van der Waals surface area contributed by atoms with E-state index in [1.54, 1.807) is 6.92 Å². The number of hydrogen-bond donors (Lipinski definition) is 1. The molecule has 0 saturated heterocycles. The van der Waals surface area contributed by atoms with Crippen LogP contribution >= 0.6 is 0 Å². The second-order valence-corrected chi connectivity index (χ2v) is 4.12. The highest BCUT2D eigenvalue weighted by Gasteiger charge is 2.25. The van der Waals surface area contributed by atoms with E-state index < -0.39 is 0 Å². The minimum Gasteiger partial charge on any atom is -0.468 e. The molecule has 104 valence electrons. The molecule has 1 aromatic heterocycles. The molecule has 1 aliphatic carbocycles. The first-order valence-corrected chi connectivity index (χ1v) is 6.98. The average molecular weight is 261 g/mol. The third-order valence-corrected chi connectivity index (χ3v) is 2.87. The summed E-state index contributed by atoms with van der Waals surface area (Å²) in [5, 5.41) is 1.42. The zero-order chi connectivity index (χ0) is 14.1. The monoisotopic (exact) mass is 261 g/mol. The number of rotatable bonds is 3. The molecule has 0 spiro atoms. The van der Waals surface area contributed by atoms with E-state index in [2.05, 4.69) is 40.2 Å². The highest BCUT2D eigenvalue weighted by molar-refractivity contribution is 5.83. The first-order chi connectivity index (χ1) is 9.36. The number of H-pyrrole nitrogens is 1.